The molecule has 2 rings (SSSR count). The van der Waals surface area contributed by atoms with Crippen molar-refractivity contribution in [3.8, 4) is 5.75 Å². The molecule has 0 aromatic heterocycles. The van der Waals surface area contributed by atoms with E-state index in [1.54, 1.807) is 0 Å². The summed E-state index contributed by atoms with van der Waals surface area (Å²) in [5.74, 6) is 0.399. The summed E-state index contributed by atoms with van der Waals surface area (Å²) < 4.78 is 5.85. The lowest BCUT2D eigenvalue weighted by Crippen LogP contribution is -2.30. The fourth-order valence-corrected chi connectivity index (χ4v) is 3.64. The predicted octanol–water partition coefficient (Wildman–Crippen LogP) is 5.36. The largest absolute Gasteiger partial charge is 0.491 e. The average Bonchev–Trinajstić information content (AvgIpc) is 2.72. The molecule has 116 valence electrons. The minimum absolute atomic E-state index is 0.00292. The van der Waals surface area contributed by atoms with Crippen LogP contribution in [0.1, 0.15) is 38.5 Å². The van der Waals surface area contributed by atoms with Crippen LogP contribution in [0.5, 0.6) is 5.75 Å². The molecular weight excluding hydrogens is 358 g/mol. The van der Waals surface area contributed by atoms with E-state index >= 15 is 0 Å². The van der Waals surface area contributed by atoms with Gasteiger partial charge < -0.3 is 4.74 Å². The molecule has 0 N–H and O–H groups in total. The lowest BCUT2D eigenvalue weighted by Gasteiger charge is -2.30. The van der Waals surface area contributed by atoms with Crippen LogP contribution < -0.4 is 4.74 Å². The lowest BCUT2D eigenvalue weighted by atomic mass is 9.83. The summed E-state index contributed by atoms with van der Waals surface area (Å²) >= 11 is 9.69. The van der Waals surface area contributed by atoms with E-state index < -0.39 is 4.92 Å². The van der Waals surface area contributed by atoms with Crippen molar-refractivity contribution in [3.63, 3.8) is 0 Å². The van der Waals surface area contributed by atoms with Crippen LogP contribution in [0, 0.1) is 15.5 Å². The van der Waals surface area contributed by atoms with E-state index in [-0.39, 0.29) is 11.1 Å². The minimum Gasteiger partial charge on any atom is -0.491 e. The summed E-state index contributed by atoms with van der Waals surface area (Å²) in [6, 6.07) is 4.31. The molecular formula is C15H19BrClNO3. The third-order valence-electron chi connectivity index (χ3n) is 4.11. The number of nitro groups is 1. The number of hydrogen-bond donors (Lipinski definition) is 0. The van der Waals surface area contributed by atoms with Gasteiger partial charge in [0.2, 0.25) is 0 Å². The molecule has 0 heterocycles. The van der Waals surface area contributed by atoms with Gasteiger partial charge in [-0.2, -0.15) is 0 Å². The summed E-state index contributed by atoms with van der Waals surface area (Å²) in [5.41, 5.74) is 0.105. The maximum atomic E-state index is 10.8. The molecule has 4 nitrogen and oxygen atoms in total. The Labute approximate surface area is 138 Å². The number of nitro benzene ring substituents is 1. The third kappa shape index (κ3) is 4.33. The maximum absolute atomic E-state index is 10.8. The number of halogens is 2. The van der Waals surface area contributed by atoms with Crippen molar-refractivity contribution < 1.29 is 9.66 Å². The number of rotatable bonds is 5. The van der Waals surface area contributed by atoms with E-state index in [1.807, 2.05) is 0 Å². The zero-order valence-corrected chi connectivity index (χ0v) is 14.2. The Hall–Kier alpha value is -0.810. The molecule has 1 saturated carbocycles. The second-order valence-electron chi connectivity index (χ2n) is 5.71. The van der Waals surface area contributed by atoms with Gasteiger partial charge in [-0.15, -0.1) is 0 Å². The van der Waals surface area contributed by atoms with Crippen LogP contribution in [0.3, 0.4) is 0 Å². The number of nitrogens with zero attached hydrogens (tertiary/aromatic N) is 1. The fraction of sp³-hybridized carbons (Fsp3) is 0.600. The molecule has 0 bridgehead atoms. The van der Waals surface area contributed by atoms with Gasteiger partial charge in [-0.25, -0.2) is 0 Å². The normalized spacial score (nSPS) is 18.0. The smallest absolute Gasteiger partial charge is 0.273 e. The molecule has 0 spiro atoms. The van der Waals surface area contributed by atoms with E-state index in [9.17, 15) is 10.1 Å². The lowest BCUT2D eigenvalue weighted by molar-refractivity contribution is -0.384. The number of hydrogen-bond acceptors (Lipinski definition) is 3. The first-order valence-electron chi connectivity index (χ1n) is 7.19. The first-order chi connectivity index (χ1) is 10.1. The van der Waals surface area contributed by atoms with Crippen LogP contribution >= 0.6 is 27.5 Å². The van der Waals surface area contributed by atoms with Crippen LogP contribution in [-0.2, 0) is 0 Å². The zero-order chi connectivity index (χ0) is 15.3. The molecule has 0 saturated heterocycles. The zero-order valence-electron chi connectivity index (χ0n) is 11.8. The monoisotopic (exact) mass is 375 g/mol. The Morgan fingerprint density at radius 1 is 1.29 bits per heavy atom. The second-order valence-corrected chi connectivity index (χ2v) is 6.68. The standard InChI is InChI=1S/C15H19BrClNO3/c16-10-15(7-3-1-2-4-8-15)11-21-14-9-12(18(19)20)5-6-13(14)17/h5-6,9H,1-4,7-8,10-11H2. The summed E-state index contributed by atoms with van der Waals surface area (Å²) in [7, 11) is 0. The first kappa shape index (κ1) is 16.6. The highest BCUT2D eigenvalue weighted by atomic mass is 79.9. The summed E-state index contributed by atoms with van der Waals surface area (Å²) in [5, 5.41) is 12.1. The molecule has 1 aliphatic carbocycles. The summed E-state index contributed by atoms with van der Waals surface area (Å²) in [6.45, 7) is 0.541. The van der Waals surface area contributed by atoms with Gasteiger partial charge in [0, 0.05) is 16.8 Å². The molecule has 0 amide bonds. The second kappa shape index (κ2) is 7.45. The Bertz CT molecular complexity index is 502. The van der Waals surface area contributed by atoms with Gasteiger partial charge in [0.15, 0.2) is 0 Å². The van der Waals surface area contributed by atoms with Crippen molar-refractivity contribution in [2.75, 3.05) is 11.9 Å². The van der Waals surface area contributed by atoms with Gasteiger partial charge in [-0.3, -0.25) is 10.1 Å². The van der Waals surface area contributed by atoms with Crippen molar-refractivity contribution in [3.05, 3.63) is 33.3 Å². The van der Waals surface area contributed by atoms with Gasteiger partial charge in [0.05, 0.1) is 22.6 Å². The molecule has 0 unspecified atom stereocenters. The molecule has 1 aliphatic rings. The summed E-state index contributed by atoms with van der Waals surface area (Å²) in [6.07, 6.45) is 7.18. The maximum Gasteiger partial charge on any atom is 0.273 e. The van der Waals surface area contributed by atoms with Crippen molar-refractivity contribution in [2.24, 2.45) is 5.41 Å². The molecule has 21 heavy (non-hydrogen) atoms. The van der Waals surface area contributed by atoms with E-state index in [0.29, 0.717) is 17.4 Å². The quantitative estimate of drug-likeness (QED) is 0.301. The highest BCUT2D eigenvalue weighted by molar-refractivity contribution is 9.09. The van der Waals surface area contributed by atoms with Gasteiger partial charge in [0.1, 0.15) is 5.75 Å². The Kier molecular flexibility index (Phi) is 5.88. The number of ether oxygens (including phenoxy) is 1. The van der Waals surface area contributed by atoms with Crippen LogP contribution in [0.15, 0.2) is 18.2 Å². The predicted molar refractivity (Wildman–Crippen MR) is 87.5 cm³/mol. The van der Waals surface area contributed by atoms with Crippen LogP contribution in [0.4, 0.5) is 5.69 Å². The van der Waals surface area contributed by atoms with Crippen LogP contribution in [-0.4, -0.2) is 16.9 Å². The highest BCUT2D eigenvalue weighted by Crippen LogP contribution is 2.38. The minimum atomic E-state index is -0.435. The highest BCUT2D eigenvalue weighted by Gasteiger charge is 2.31. The van der Waals surface area contributed by atoms with Crippen LogP contribution in [0.25, 0.3) is 0 Å². The van der Waals surface area contributed by atoms with Crippen molar-refractivity contribution >= 4 is 33.2 Å². The molecule has 1 aromatic carbocycles. The number of alkyl halides is 1. The molecule has 0 atom stereocenters. The first-order valence-corrected chi connectivity index (χ1v) is 8.69. The molecule has 6 heteroatoms. The van der Waals surface area contributed by atoms with Crippen molar-refractivity contribution in [1.82, 2.24) is 0 Å². The summed E-state index contributed by atoms with van der Waals surface area (Å²) in [4.78, 5) is 10.4. The molecule has 0 aliphatic heterocycles. The van der Waals surface area contributed by atoms with Crippen molar-refractivity contribution in [2.45, 2.75) is 38.5 Å². The third-order valence-corrected chi connectivity index (χ3v) is 5.61. The Morgan fingerprint density at radius 3 is 2.52 bits per heavy atom. The topological polar surface area (TPSA) is 52.4 Å². The Balaban J connectivity index is 2.10. The van der Waals surface area contributed by atoms with Crippen LogP contribution in [0.2, 0.25) is 5.02 Å². The van der Waals surface area contributed by atoms with E-state index in [0.717, 1.165) is 18.2 Å². The van der Waals surface area contributed by atoms with Gasteiger partial charge in [0.25, 0.3) is 5.69 Å². The molecule has 1 aromatic rings. The molecule has 0 radical (unpaired) electrons. The SMILES string of the molecule is O=[N+]([O-])c1ccc(Cl)c(OCC2(CBr)CCCCCC2)c1. The van der Waals surface area contributed by atoms with Gasteiger partial charge in [-0.05, 0) is 18.9 Å². The van der Waals surface area contributed by atoms with E-state index in [1.165, 1.54) is 43.9 Å². The fourth-order valence-electron chi connectivity index (χ4n) is 2.74. The molecule has 1 fully saturated rings. The van der Waals surface area contributed by atoms with Gasteiger partial charge in [-0.1, -0.05) is 53.2 Å². The number of benzene rings is 1. The van der Waals surface area contributed by atoms with Crippen molar-refractivity contribution in [1.29, 1.82) is 0 Å². The van der Waals surface area contributed by atoms with E-state index in [2.05, 4.69) is 15.9 Å². The Morgan fingerprint density at radius 2 is 1.95 bits per heavy atom. The van der Waals surface area contributed by atoms with Gasteiger partial charge >= 0.3 is 0 Å². The average molecular weight is 377 g/mol. The number of non-ortho nitro benzene ring substituents is 1. The van der Waals surface area contributed by atoms with E-state index in [4.69, 9.17) is 16.3 Å².